The first kappa shape index (κ1) is 16.4. The van der Waals surface area contributed by atoms with Gasteiger partial charge >= 0.3 is 5.82 Å². The number of carbonyl (C=O) groups is 1. The highest BCUT2D eigenvalue weighted by Crippen LogP contribution is 2.14. The maximum Gasteiger partial charge on any atom is 0.328 e. The number of ether oxygens (including phenoxy) is 1. The number of aromatic nitrogens is 2. The van der Waals surface area contributed by atoms with Crippen molar-refractivity contribution in [1.29, 1.82) is 0 Å². The van der Waals surface area contributed by atoms with Gasteiger partial charge in [0.15, 0.2) is 12.0 Å². The van der Waals surface area contributed by atoms with Crippen molar-refractivity contribution in [2.45, 2.75) is 13.0 Å². The van der Waals surface area contributed by atoms with Crippen molar-refractivity contribution in [3.63, 3.8) is 0 Å². The normalized spacial score (nSPS) is 22.0. The monoisotopic (exact) mass is 361 g/mol. The van der Waals surface area contributed by atoms with Crippen molar-refractivity contribution < 1.29 is 13.8 Å². The van der Waals surface area contributed by atoms with Gasteiger partial charge < -0.3 is 9.30 Å². The summed E-state index contributed by atoms with van der Waals surface area (Å²) < 4.78 is 9.56. The van der Waals surface area contributed by atoms with Crippen LogP contribution in [0.4, 0.5) is 5.82 Å². The molecule has 0 bridgehead atoms. The number of morpholine rings is 1. The third-order valence-corrected chi connectivity index (χ3v) is 5.37. The Morgan fingerprint density at radius 1 is 1.30 bits per heavy atom. The van der Waals surface area contributed by atoms with Gasteiger partial charge in [-0.1, -0.05) is 0 Å². The Kier molecular flexibility index (Phi) is 3.88. The fourth-order valence-corrected chi connectivity index (χ4v) is 4.01. The summed E-state index contributed by atoms with van der Waals surface area (Å²) in [7, 11) is 0. The van der Waals surface area contributed by atoms with Gasteiger partial charge in [0.1, 0.15) is 11.6 Å². The summed E-state index contributed by atoms with van der Waals surface area (Å²) in [5.41, 5.74) is 0.699. The third-order valence-electron chi connectivity index (χ3n) is 5.37. The molecule has 0 amide bonds. The second kappa shape index (κ2) is 6.40. The quantitative estimate of drug-likeness (QED) is 0.591. The summed E-state index contributed by atoms with van der Waals surface area (Å²) >= 11 is 0. The van der Waals surface area contributed by atoms with Crippen LogP contribution in [-0.4, -0.2) is 53.8 Å². The fourth-order valence-electron chi connectivity index (χ4n) is 4.01. The number of pyridine rings is 1. The first-order valence-corrected chi connectivity index (χ1v) is 9.26. The average molecular weight is 361 g/mol. The number of aliphatic imine (C=N–C) groups is 1. The van der Waals surface area contributed by atoms with E-state index in [1.807, 2.05) is 35.2 Å². The van der Waals surface area contributed by atoms with E-state index in [1.54, 1.807) is 13.1 Å². The lowest BCUT2D eigenvalue weighted by atomic mass is 10.1. The Balaban J connectivity index is 1.82. The molecule has 0 spiro atoms. The van der Waals surface area contributed by atoms with Crippen molar-refractivity contribution in [3.8, 4) is 0 Å². The van der Waals surface area contributed by atoms with Crippen LogP contribution in [0.2, 0.25) is 0 Å². The highest BCUT2D eigenvalue weighted by Gasteiger charge is 2.21. The number of hydrogen-bond acceptors (Lipinski definition) is 4. The van der Waals surface area contributed by atoms with Crippen LogP contribution < -0.4 is 9.59 Å². The number of hydrogen-bond donors (Lipinski definition) is 0. The summed E-state index contributed by atoms with van der Waals surface area (Å²) in [6, 6.07) is 8.27. The van der Waals surface area contributed by atoms with Gasteiger partial charge in [-0.05, 0) is 35.3 Å². The highest BCUT2D eigenvalue weighted by molar-refractivity contribution is 5.93. The van der Waals surface area contributed by atoms with E-state index in [2.05, 4.69) is 32.4 Å². The number of carbonyl (C=O) groups excluding carboxylic acids is 1. The van der Waals surface area contributed by atoms with E-state index < -0.39 is 0 Å². The van der Waals surface area contributed by atoms with E-state index in [0.29, 0.717) is 5.69 Å². The SMILES string of the molecule is CC(=O)c1c/c(=c2/cccc3[n+]2=CC=N3)c2n1C=CC(N1CCOCC1)C=2. The minimum absolute atomic E-state index is 0.0585. The smallest absolute Gasteiger partial charge is 0.328 e. The Bertz CT molecular complexity index is 1200. The van der Waals surface area contributed by atoms with Gasteiger partial charge in [0.05, 0.1) is 30.3 Å². The Hall–Kier alpha value is -2.83. The molecule has 1 fully saturated rings. The van der Waals surface area contributed by atoms with Crippen LogP contribution in [0.25, 0.3) is 12.3 Å². The molecule has 0 saturated carbocycles. The maximum atomic E-state index is 12.2. The van der Waals surface area contributed by atoms with E-state index in [1.165, 1.54) is 0 Å². The van der Waals surface area contributed by atoms with Gasteiger partial charge in [-0.2, -0.15) is 4.24 Å². The molecule has 27 heavy (non-hydrogen) atoms. The van der Waals surface area contributed by atoms with E-state index >= 15 is 0 Å². The number of fused-ring (bicyclic) bond motifs is 2. The van der Waals surface area contributed by atoms with E-state index in [4.69, 9.17) is 4.74 Å². The fraction of sp³-hybridized carbons (Fsp3) is 0.286. The van der Waals surface area contributed by atoms with Crippen LogP contribution in [0.3, 0.4) is 0 Å². The first-order chi connectivity index (χ1) is 13.2. The standard InChI is InChI=1S/C21H21N4O2/c1-15(26)19-14-17(18-3-2-4-21-22-6-8-25(18)21)20-13-16(5-7-24(19)20)23-9-11-27-12-10-23/h2-8,13-14,16H,9-12H2,1H3/q+1. The second-order valence-electron chi connectivity index (χ2n) is 6.97. The number of nitrogens with zero attached hydrogens (tertiary/aromatic N) is 4. The van der Waals surface area contributed by atoms with Crippen molar-refractivity contribution >= 4 is 30.1 Å². The minimum Gasteiger partial charge on any atom is -0.379 e. The van der Waals surface area contributed by atoms with E-state index in [-0.39, 0.29) is 11.8 Å². The van der Waals surface area contributed by atoms with E-state index in [0.717, 1.165) is 48.0 Å². The predicted octanol–water partition coefficient (Wildman–Crippen LogP) is 0.957. The molecule has 0 aromatic carbocycles. The number of ketones is 1. The summed E-state index contributed by atoms with van der Waals surface area (Å²) in [6.07, 6.45) is 10.2. The zero-order chi connectivity index (χ0) is 18.4. The summed E-state index contributed by atoms with van der Waals surface area (Å²) in [5, 5.41) is 3.14. The van der Waals surface area contributed by atoms with Crippen molar-refractivity contribution in [3.05, 3.63) is 58.2 Å². The molecule has 0 N–H and O–H groups in total. The van der Waals surface area contributed by atoms with Crippen LogP contribution in [0, 0.1) is 16.8 Å². The van der Waals surface area contributed by atoms with Crippen molar-refractivity contribution in [1.82, 2.24) is 9.47 Å². The van der Waals surface area contributed by atoms with Crippen molar-refractivity contribution in [2.24, 2.45) is 4.99 Å². The predicted molar refractivity (Wildman–Crippen MR) is 102 cm³/mol. The van der Waals surface area contributed by atoms with E-state index in [9.17, 15) is 4.79 Å². The summed E-state index contributed by atoms with van der Waals surface area (Å²) in [4.78, 5) is 19.0. The lowest BCUT2D eigenvalue weighted by Gasteiger charge is -2.32. The van der Waals surface area contributed by atoms with Gasteiger partial charge in [-0.25, -0.2) is 0 Å². The Labute approximate surface area is 156 Å². The van der Waals surface area contributed by atoms with Crippen LogP contribution in [0.15, 0.2) is 35.3 Å². The number of Topliss-reactive ketones (excluding diaryl/α,β-unsaturated/α-hetero) is 1. The van der Waals surface area contributed by atoms with Gasteiger partial charge in [-0.15, -0.1) is 0 Å². The summed E-state index contributed by atoms with van der Waals surface area (Å²) in [6.45, 7) is 4.97. The molecular weight excluding hydrogens is 340 g/mol. The molecule has 5 heterocycles. The molecule has 136 valence electrons. The van der Waals surface area contributed by atoms with Gasteiger partial charge in [0.2, 0.25) is 0 Å². The molecule has 3 aliphatic heterocycles. The largest absolute Gasteiger partial charge is 0.379 e. The second-order valence-corrected chi connectivity index (χ2v) is 6.97. The number of rotatable bonds is 2. The molecule has 1 unspecified atom stereocenters. The molecule has 1 saturated heterocycles. The lowest BCUT2D eigenvalue weighted by molar-refractivity contribution is -0.498. The van der Waals surface area contributed by atoms with Gasteiger partial charge in [0, 0.05) is 37.5 Å². The maximum absolute atomic E-state index is 12.2. The molecule has 5 rings (SSSR count). The minimum atomic E-state index is 0.0585. The zero-order valence-corrected chi connectivity index (χ0v) is 15.2. The van der Waals surface area contributed by atoms with Crippen LogP contribution in [0.5, 0.6) is 0 Å². The molecule has 3 aliphatic rings. The molecular formula is C21H21N4O2+. The molecule has 6 heteroatoms. The first-order valence-electron chi connectivity index (χ1n) is 9.26. The lowest BCUT2D eigenvalue weighted by Crippen LogP contribution is -2.43. The summed E-state index contributed by atoms with van der Waals surface area (Å²) in [5.74, 6) is 0.955. The van der Waals surface area contributed by atoms with Crippen LogP contribution in [-0.2, 0) is 4.74 Å². The molecule has 0 radical (unpaired) electrons. The van der Waals surface area contributed by atoms with Gasteiger partial charge in [-0.3, -0.25) is 9.69 Å². The van der Waals surface area contributed by atoms with Gasteiger partial charge in [0.25, 0.3) is 0 Å². The average Bonchev–Trinajstić information content (AvgIpc) is 3.33. The third kappa shape index (κ3) is 2.69. The van der Waals surface area contributed by atoms with Crippen molar-refractivity contribution in [2.75, 3.05) is 26.3 Å². The Morgan fingerprint density at radius 3 is 2.96 bits per heavy atom. The van der Waals surface area contributed by atoms with Crippen LogP contribution in [0.1, 0.15) is 17.4 Å². The molecule has 6 nitrogen and oxygen atoms in total. The molecule has 2 aromatic heterocycles. The molecule has 0 aliphatic carbocycles. The Morgan fingerprint density at radius 2 is 2.15 bits per heavy atom. The zero-order valence-electron chi connectivity index (χ0n) is 15.2. The molecule has 2 aromatic rings. The van der Waals surface area contributed by atoms with Crippen LogP contribution >= 0.6 is 0 Å². The highest BCUT2D eigenvalue weighted by atomic mass is 16.5. The topological polar surface area (TPSA) is 52.7 Å². The molecule has 1 atom stereocenters.